The van der Waals surface area contributed by atoms with Crippen molar-refractivity contribution in [2.75, 3.05) is 0 Å². The van der Waals surface area contributed by atoms with Crippen LogP contribution in [0.5, 0.6) is 5.75 Å². The van der Waals surface area contributed by atoms with Gasteiger partial charge in [-0.25, -0.2) is 4.79 Å². The number of carbonyl (C=O) groups excluding carboxylic acids is 1. The van der Waals surface area contributed by atoms with Gasteiger partial charge in [0, 0.05) is 5.56 Å². The minimum Gasteiger partial charge on any atom is -0.487 e. The van der Waals surface area contributed by atoms with E-state index in [1.807, 2.05) is 12.1 Å². The van der Waals surface area contributed by atoms with Crippen molar-refractivity contribution in [2.24, 2.45) is 4.99 Å². The van der Waals surface area contributed by atoms with Crippen LogP contribution >= 0.6 is 0 Å². The molecule has 1 aromatic carbocycles. The topological polar surface area (TPSA) is 38.7 Å². The molecule has 3 nitrogen and oxygen atoms in total. The molecule has 0 unspecified atom stereocenters. The maximum atomic E-state index is 10.6. The number of aliphatic imine (C=N–C) groups is 1. The fourth-order valence-corrected chi connectivity index (χ4v) is 2.68. The number of hydrogen-bond donors (Lipinski definition) is 0. The molecular formula is C15H17NO2. The first-order valence-electron chi connectivity index (χ1n) is 6.47. The lowest BCUT2D eigenvalue weighted by atomic mass is 9.90. The molecule has 3 rings (SSSR count). The Morgan fingerprint density at radius 2 is 2.06 bits per heavy atom. The highest BCUT2D eigenvalue weighted by atomic mass is 16.5. The SMILES string of the molecule is CC1(C)CCc2cccc(C3(N=C=O)CC3)c2O1. The summed E-state index contributed by atoms with van der Waals surface area (Å²) in [6, 6.07) is 6.18. The number of ether oxygens (including phenoxy) is 1. The van der Waals surface area contributed by atoms with Crippen LogP contribution in [0, 0.1) is 0 Å². The summed E-state index contributed by atoms with van der Waals surface area (Å²) in [4.78, 5) is 14.6. The van der Waals surface area contributed by atoms with E-state index in [-0.39, 0.29) is 11.1 Å². The van der Waals surface area contributed by atoms with Crippen molar-refractivity contribution in [3.05, 3.63) is 29.3 Å². The molecule has 0 N–H and O–H groups in total. The molecule has 1 aliphatic carbocycles. The summed E-state index contributed by atoms with van der Waals surface area (Å²) in [5, 5.41) is 0. The average Bonchev–Trinajstić information content (AvgIpc) is 3.08. The molecule has 0 radical (unpaired) electrons. The molecule has 18 heavy (non-hydrogen) atoms. The first kappa shape index (κ1) is 11.5. The molecule has 3 heteroatoms. The monoisotopic (exact) mass is 243 g/mol. The van der Waals surface area contributed by atoms with Crippen molar-refractivity contribution in [1.82, 2.24) is 0 Å². The van der Waals surface area contributed by atoms with Crippen LogP contribution in [0.15, 0.2) is 23.2 Å². The Bertz CT molecular complexity index is 537. The zero-order valence-corrected chi connectivity index (χ0v) is 10.8. The molecule has 0 spiro atoms. The van der Waals surface area contributed by atoms with Gasteiger partial charge in [-0.3, -0.25) is 0 Å². The van der Waals surface area contributed by atoms with E-state index in [2.05, 4.69) is 24.9 Å². The van der Waals surface area contributed by atoms with Crippen LogP contribution in [-0.2, 0) is 16.8 Å². The van der Waals surface area contributed by atoms with Gasteiger partial charge >= 0.3 is 0 Å². The summed E-state index contributed by atoms with van der Waals surface area (Å²) in [6.45, 7) is 4.21. The maximum Gasteiger partial charge on any atom is 0.235 e. The first-order chi connectivity index (χ1) is 8.56. The second kappa shape index (κ2) is 3.69. The summed E-state index contributed by atoms with van der Waals surface area (Å²) in [6.07, 6.45) is 5.60. The summed E-state index contributed by atoms with van der Waals surface area (Å²) >= 11 is 0. The number of aryl methyl sites for hydroxylation is 1. The Kier molecular flexibility index (Phi) is 2.36. The molecule has 2 aliphatic rings. The van der Waals surface area contributed by atoms with Crippen molar-refractivity contribution < 1.29 is 9.53 Å². The number of nitrogens with zero attached hydrogens (tertiary/aromatic N) is 1. The number of rotatable bonds is 2. The van der Waals surface area contributed by atoms with E-state index in [1.165, 1.54) is 5.56 Å². The van der Waals surface area contributed by atoms with Crippen LogP contribution in [0.2, 0.25) is 0 Å². The van der Waals surface area contributed by atoms with Gasteiger partial charge in [-0.05, 0) is 45.1 Å². The lowest BCUT2D eigenvalue weighted by molar-refractivity contribution is 0.0825. The molecule has 94 valence electrons. The molecule has 1 saturated carbocycles. The van der Waals surface area contributed by atoms with E-state index in [4.69, 9.17) is 4.74 Å². The zero-order chi connectivity index (χ0) is 12.8. The van der Waals surface area contributed by atoms with Crippen LogP contribution in [0.1, 0.15) is 44.2 Å². The zero-order valence-electron chi connectivity index (χ0n) is 10.8. The average molecular weight is 243 g/mol. The van der Waals surface area contributed by atoms with Gasteiger partial charge in [-0.2, -0.15) is 4.99 Å². The molecule has 1 aromatic rings. The number of isocyanates is 1. The smallest absolute Gasteiger partial charge is 0.235 e. The molecule has 1 aliphatic heterocycles. The quantitative estimate of drug-likeness (QED) is 0.591. The number of para-hydroxylation sites is 1. The highest BCUT2D eigenvalue weighted by molar-refractivity contribution is 5.51. The molecule has 0 saturated heterocycles. The largest absolute Gasteiger partial charge is 0.487 e. The fourth-order valence-electron chi connectivity index (χ4n) is 2.68. The van der Waals surface area contributed by atoms with Crippen molar-refractivity contribution in [3.63, 3.8) is 0 Å². The van der Waals surface area contributed by atoms with Crippen LogP contribution < -0.4 is 4.74 Å². The number of hydrogen-bond acceptors (Lipinski definition) is 3. The van der Waals surface area contributed by atoms with E-state index in [0.29, 0.717) is 0 Å². The van der Waals surface area contributed by atoms with Gasteiger partial charge in [0.25, 0.3) is 0 Å². The number of fused-ring (bicyclic) bond motifs is 1. The van der Waals surface area contributed by atoms with Gasteiger partial charge in [0.1, 0.15) is 16.9 Å². The Labute approximate surface area is 107 Å². The van der Waals surface area contributed by atoms with Crippen LogP contribution in [0.3, 0.4) is 0 Å². The molecule has 1 heterocycles. The summed E-state index contributed by atoms with van der Waals surface area (Å²) < 4.78 is 6.13. The lowest BCUT2D eigenvalue weighted by Crippen LogP contribution is -2.33. The Morgan fingerprint density at radius 1 is 1.28 bits per heavy atom. The van der Waals surface area contributed by atoms with Crippen molar-refractivity contribution in [2.45, 2.75) is 50.7 Å². The van der Waals surface area contributed by atoms with Crippen LogP contribution in [-0.4, -0.2) is 11.7 Å². The van der Waals surface area contributed by atoms with Gasteiger partial charge in [0.15, 0.2) is 0 Å². The van der Waals surface area contributed by atoms with Gasteiger partial charge in [-0.1, -0.05) is 18.2 Å². The van der Waals surface area contributed by atoms with Gasteiger partial charge in [-0.15, -0.1) is 0 Å². The van der Waals surface area contributed by atoms with Gasteiger partial charge < -0.3 is 4.74 Å². The number of benzene rings is 1. The maximum absolute atomic E-state index is 10.6. The molecule has 0 amide bonds. The van der Waals surface area contributed by atoms with Crippen molar-refractivity contribution >= 4 is 6.08 Å². The van der Waals surface area contributed by atoms with Gasteiger partial charge in [0.05, 0.1) is 0 Å². The molecule has 0 atom stereocenters. The highest BCUT2D eigenvalue weighted by Crippen LogP contribution is 2.54. The van der Waals surface area contributed by atoms with Gasteiger partial charge in [0.2, 0.25) is 6.08 Å². The third-order valence-corrected chi connectivity index (χ3v) is 3.96. The third-order valence-electron chi connectivity index (χ3n) is 3.96. The molecular weight excluding hydrogens is 226 g/mol. The standard InChI is InChI=1S/C15H17NO2/c1-14(2)7-6-11-4-3-5-12(13(11)18-14)15(8-9-15)16-10-17/h3-5H,6-9H2,1-2H3. The van der Waals surface area contributed by atoms with E-state index in [0.717, 1.165) is 37.0 Å². The molecule has 0 bridgehead atoms. The Hall–Kier alpha value is -1.60. The Morgan fingerprint density at radius 3 is 2.72 bits per heavy atom. The van der Waals surface area contributed by atoms with Crippen LogP contribution in [0.4, 0.5) is 0 Å². The summed E-state index contributed by atoms with van der Waals surface area (Å²) in [7, 11) is 0. The second-order valence-electron chi connectivity index (χ2n) is 5.89. The highest BCUT2D eigenvalue weighted by Gasteiger charge is 2.48. The first-order valence-corrected chi connectivity index (χ1v) is 6.47. The predicted molar refractivity (Wildman–Crippen MR) is 68.5 cm³/mol. The van der Waals surface area contributed by atoms with E-state index >= 15 is 0 Å². The normalized spacial score (nSPS) is 22.3. The second-order valence-corrected chi connectivity index (χ2v) is 5.89. The minimum atomic E-state index is -0.347. The van der Waals surface area contributed by atoms with Crippen molar-refractivity contribution in [3.8, 4) is 5.75 Å². The van der Waals surface area contributed by atoms with E-state index in [1.54, 1.807) is 6.08 Å². The molecule has 0 aromatic heterocycles. The minimum absolute atomic E-state index is 0.135. The summed E-state index contributed by atoms with van der Waals surface area (Å²) in [5.41, 5.74) is 1.82. The van der Waals surface area contributed by atoms with Crippen LogP contribution in [0.25, 0.3) is 0 Å². The van der Waals surface area contributed by atoms with E-state index in [9.17, 15) is 4.79 Å². The Balaban J connectivity index is 2.10. The predicted octanol–water partition coefficient (Wildman–Crippen LogP) is 3.12. The van der Waals surface area contributed by atoms with Crippen molar-refractivity contribution in [1.29, 1.82) is 0 Å². The molecule has 1 fully saturated rings. The fraction of sp³-hybridized carbons (Fsp3) is 0.533. The van der Waals surface area contributed by atoms with E-state index < -0.39 is 0 Å². The third kappa shape index (κ3) is 1.75. The summed E-state index contributed by atoms with van der Waals surface area (Å²) in [5.74, 6) is 0.949. The lowest BCUT2D eigenvalue weighted by Gasteiger charge is -2.34.